The summed E-state index contributed by atoms with van der Waals surface area (Å²) in [5, 5.41) is 3.84. The smallest absolute Gasteiger partial charge is 0.260 e. The van der Waals surface area contributed by atoms with E-state index in [1.807, 2.05) is 14.0 Å². The maximum absolute atomic E-state index is 11.4. The molecule has 1 aliphatic rings. The molecule has 0 atom stereocenters. The summed E-state index contributed by atoms with van der Waals surface area (Å²) in [6.45, 7) is 3.89. The van der Waals surface area contributed by atoms with E-state index < -0.39 is 0 Å². The van der Waals surface area contributed by atoms with Crippen molar-refractivity contribution in [3.05, 3.63) is 12.2 Å². The summed E-state index contributed by atoms with van der Waals surface area (Å²) in [5.41, 5.74) is 0. The Morgan fingerprint density at radius 3 is 2.46 bits per heavy atom. The van der Waals surface area contributed by atoms with Gasteiger partial charge in [-0.1, -0.05) is 12.5 Å². The number of piperidine rings is 1. The molecule has 0 aromatic heterocycles. The monoisotopic (exact) mass is 182 g/mol. The Balaban J connectivity index is 2.44. The fourth-order valence-electron chi connectivity index (χ4n) is 1.57. The molecule has 1 heterocycles. The van der Waals surface area contributed by atoms with E-state index in [1.54, 1.807) is 17.2 Å². The normalized spacial score (nSPS) is 19.2. The molecule has 0 aromatic rings. The van der Waals surface area contributed by atoms with Crippen LogP contribution in [0.5, 0.6) is 0 Å². The van der Waals surface area contributed by atoms with Crippen molar-refractivity contribution in [2.75, 3.05) is 20.1 Å². The molecular formula is C10H18N2O. The van der Waals surface area contributed by atoms with Crippen molar-refractivity contribution in [3.8, 4) is 0 Å². The van der Waals surface area contributed by atoms with Gasteiger partial charge in [-0.15, -0.1) is 0 Å². The Kier molecular flexibility index (Phi) is 3.96. The van der Waals surface area contributed by atoms with E-state index in [-0.39, 0.29) is 5.91 Å². The zero-order valence-corrected chi connectivity index (χ0v) is 8.49. The number of hydrogen-bond donors (Lipinski definition) is 0. The number of hydrogen-bond acceptors (Lipinski definition) is 2. The van der Waals surface area contributed by atoms with Gasteiger partial charge in [-0.2, -0.15) is 0 Å². The fourth-order valence-corrected chi connectivity index (χ4v) is 1.57. The maximum Gasteiger partial charge on any atom is 0.260 e. The van der Waals surface area contributed by atoms with Gasteiger partial charge in [0.15, 0.2) is 0 Å². The molecule has 0 radical (unpaired) electrons. The number of likely N-dealkylation sites (N-methyl/N-ethyl adjacent to an activating group) is 1. The Hall–Kier alpha value is -0.830. The molecule has 0 unspecified atom stereocenters. The number of amides is 1. The molecule has 0 saturated carbocycles. The molecule has 0 aliphatic carbocycles. The van der Waals surface area contributed by atoms with Gasteiger partial charge in [0.1, 0.15) is 0 Å². The second-order valence-corrected chi connectivity index (χ2v) is 3.38. The van der Waals surface area contributed by atoms with Crippen LogP contribution in [0.4, 0.5) is 0 Å². The van der Waals surface area contributed by atoms with Gasteiger partial charge in [0, 0.05) is 26.2 Å². The highest BCUT2D eigenvalue weighted by Gasteiger charge is 2.16. The molecule has 13 heavy (non-hydrogen) atoms. The third-order valence-corrected chi connectivity index (χ3v) is 2.38. The van der Waals surface area contributed by atoms with Crippen LogP contribution in [-0.2, 0) is 4.79 Å². The first kappa shape index (κ1) is 10.3. The van der Waals surface area contributed by atoms with Crippen LogP contribution in [0, 0.1) is 0 Å². The third-order valence-electron chi connectivity index (χ3n) is 2.38. The van der Waals surface area contributed by atoms with Crippen molar-refractivity contribution in [1.82, 2.24) is 10.0 Å². The molecule has 74 valence electrons. The molecule has 1 aliphatic heterocycles. The maximum atomic E-state index is 11.4. The number of allylic oxidation sites excluding steroid dienone is 1. The lowest BCUT2D eigenvalue weighted by molar-refractivity contribution is -0.141. The number of carbonyl (C=O) groups is 1. The van der Waals surface area contributed by atoms with Gasteiger partial charge in [0.25, 0.3) is 5.91 Å². The van der Waals surface area contributed by atoms with Crippen LogP contribution in [0.3, 0.4) is 0 Å². The Bertz CT molecular complexity index is 195. The third kappa shape index (κ3) is 2.84. The Morgan fingerprint density at radius 2 is 1.92 bits per heavy atom. The van der Waals surface area contributed by atoms with Gasteiger partial charge < -0.3 is 0 Å². The van der Waals surface area contributed by atoms with E-state index >= 15 is 0 Å². The summed E-state index contributed by atoms with van der Waals surface area (Å²) in [6, 6.07) is 0. The molecule has 0 N–H and O–H groups in total. The van der Waals surface area contributed by atoms with Gasteiger partial charge in [-0.05, 0) is 19.8 Å². The highest BCUT2D eigenvalue weighted by atomic mass is 16.2. The quantitative estimate of drug-likeness (QED) is 0.603. The van der Waals surface area contributed by atoms with E-state index in [0.717, 1.165) is 13.1 Å². The SMILES string of the molecule is CC=CC(=O)N(C)N1CCCCC1. The zero-order chi connectivity index (χ0) is 9.68. The van der Waals surface area contributed by atoms with Crippen LogP contribution in [0.15, 0.2) is 12.2 Å². The average molecular weight is 182 g/mol. The first-order valence-electron chi connectivity index (χ1n) is 4.91. The van der Waals surface area contributed by atoms with Gasteiger partial charge >= 0.3 is 0 Å². The highest BCUT2D eigenvalue weighted by molar-refractivity contribution is 5.86. The summed E-state index contributed by atoms with van der Waals surface area (Å²) < 4.78 is 0. The number of carbonyl (C=O) groups excluding carboxylic acids is 1. The van der Waals surface area contributed by atoms with Crippen LogP contribution >= 0.6 is 0 Å². The molecule has 3 nitrogen and oxygen atoms in total. The van der Waals surface area contributed by atoms with E-state index in [2.05, 4.69) is 5.01 Å². The molecule has 0 aromatic carbocycles. The Labute approximate surface area is 80.0 Å². The van der Waals surface area contributed by atoms with Crippen molar-refractivity contribution in [2.24, 2.45) is 0 Å². The fraction of sp³-hybridized carbons (Fsp3) is 0.700. The topological polar surface area (TPSA) is 23.6 Å². The van der Waals surface area contributed by atoms with Gasteiger partial charge in [0.2, 0.25) is 0 Å². The van der Waals surface area contributed by atoms with E-state index in [4.69, 9.17) is 0 Å². The minimum Gasteiger partial charge on any atom is -0.275 e. The first-order valence-corrected chi connectivity index (χ1v) is 4.91. The number of hydrazine groups is 1. The van der Waals surface area contributed by atoms with E-state index in [0.29, 0.717) is 0 Å². The molecule has 1 amide bonds. The van der Waals surface area contributed by atoms with Crippen LogP contribution < -0.4 is 0 Å². The first-order chi connectivity index (χ1) is 6.25. The van der Waals surface area contributed by atoms with E-state index in [9.17, 15) is 4.79 Å². The molecule has 3 heteroatoms. The van der Waals surface area contributed by atoms with Crippen molar-refractivity contribution in [2.45, 2.75) is 26.2 Å². The summed E-state index contributed by atoms with van der Waals surface area (Å²) >= 11 is 0. The van der Waals surface area contributed by atoms with Gasteiger partial charge in [0.05, 0.1) is 0 Å². The predicted molar refractivity (Wildman–Crippen MR) is 53.0 cm³/mol. The van der Waals surface area contributed by atoms with Gasteiger partial charge in [-0.25, -0.2) is 5.01 Å². The minimum absolute atomic E-state index is 0.0735. The lowest BCUT2D eigenvalue weighted by Gasteiger charge is -2.34. The van der Waals surface area contributed by atoms with Crippen LogP contribution in [0.25, 0.3) is 0 Å². The summed E-state index contributed by atoms with van der Waals surface area (Å²) in [4.78, 5) is 11.4. The second kappa shape index (κ2) is 5.02. The Morgan fingerprint density at radius 1 is 1.31 bits per heavy atom. The molecule has 0 spiro atoms. The summed E-state index contributed by atoms with van der Waals surface area (Å²) in [7, 11) is 1.84. The lowest BCUT2D eigenvalue weighted by atomic mass is 10.2. The molecule has 1 rings (SSSR count). The minimum atomic E-state index is 0.0735. The van der Waals surface area contributed by atoms with Crippen LogP contribution in [0.2, 0.25) is 0 Å². The van der Waals surface area contributed by atoms with Crippen molar-refractivity contribution in [3.63, 3.8) is 0 Å². The molecule has 0 bridgehead atoms. The van der Waals surface area contributed by atoms with Gasteiger partial charge in [-0.3, -0.25) is 9.80 Å². The summed E-state index contributed by atoms with van der Waals surface area (Å²) in [6.07, 6.45) is 7.08. The standard InChI is InChI=1S/C10H18N2O/c1-3-7-10(13)11(2)12-8-5-4-6-9-12/h3,7H,4-6,8-9H2,1-2H3. The predicted octanol–water partition coefficient (Wildman–Crippen LogP) is 1.42. The zero-order valence-electron chi connectivity index (χ0n) is 8.49. The molecule has 1 saturated heterocycles. The number of nitrogens with zero attached hydrogens (tertiary/aromatic N) is 2. The number of rotatable bonds is 2. The van der Waals surface area contributed by atoms with Crippen molar-refractivity contribution < 1.29 is 4.79 Å². The average Bonchev–Trinajstić information content (AvgIpc) is 2.18. The van der Waals surface area contributed by atoms with E-state index in [1.165, 1.54) is 19.3 Å². The largest absolute Gasteiger partial charge is 0.275 e. The second-order valence-electron chi connectivity index (χ2n) is 3.38. The molecular weight excluding hydrogens is 164 g/mol. The highest BCUT2D eigenvalue weighted by Crippen LogP contribution is 2.10. The lowest BCUT2D eigenvalue weighted by Crippen LogP contribution is -2.45. The van der Waals surface area contributed by atoms with Crippen molar-refractivity contribution in [1.29, 1.82) is 0 Å². The van der Waals surface area contributed by atoms with Crippen LogP contribution in [-0.4, -0.2) is 36.1 Å². The van der Waals surface area contributed by atoms with Crippen molar-refractivity contribution >= 4 is 5.91 Å². The molecule has 1 fully saturated rings. The summed E-state index contributed by atoms with van der Waals surface area (Å²) in [5.74, 6) is 0.0735. The van der Waals surface area contributed by atoms with Crippen LogP contribution in [0.1, 0.15) is 26.2 Å².